The molecule has 0 aliphatic carbocycles. The van der Waals surface area contributed by atoms with Gasteiger partial charge in [0.1, 0.15) is 5.76 Å². The highest BCUT2D eigenvalue weighted by atomic mass is 35.5. The summed E-state index contributed by atoms with van der Waals surface area (Å²) in [7, 11) is 0. The lowest BCUT2D eigenvalue weighted by atomic mass is 10.2. The summed E-state index contributed by atoms with van der Waals surface area (Å²) < 4.78 is 7.35. The van der Waals surface area contributed by atoms with Crippen molar-refractivity contribution < 1.29 is 4.52 Å². The second kappa shape index (κ2) is 7.81. The van der Waals surface area contributed by atoms with Crippen molar-refractivity contribution in [3.05, 3.63) is 76.1 Å². The molecule has 28 heavy (non-hydrogen) atoms. The predicted octanol–water partition coefficient (Wildman–Crippen LogP) is 5.79. The number of hydrogen-bond donors (Lipinski definition) is 0. The van der Waals surface area contributed by atoms with Crippen molar-refractivity contribution in [2.45, 2.75) is 31.7 Å². The van der Waals surface area contributed by atoms with Gasteiger partial charge in [-0.25, -0.2) is 0 Å². The Morgan fingerprint density at radius 1 is 0.964 bits per heavy atom. The highest BCUT2D eigenvalue weighted by Crippen LogP contribution is 2.31. The van der Waals surface area contributed by atoms with E-state index in [-0.39, 0.29) is 0 Å². The van der Waals surface area contributed by atoms with Crippen molar-refractivity contribution in [3.8, 4) is 17.1 Å². The Kier molecular flexibility index (Phi) is 5.24. The number of nitrogens with zero attached hydrogens (tertiary/aromatic N) is 4. The standard InChI is InChI=1S/C21H19ClN4OS/c1-13-4-10-18(11-5-13)26-20(16-6-8-17(22)9-7-16)23-24-21(26)28-12-19-14(2)25-27-15(19)3/h4-11H,12H2,1-3H3. The third-order valence-corrected chi connectivity index (χ3v) is 5.76. The van der Waals surface area contributed by atoms with Crippen LogP contribution >= 0.6 is 23.4 Å². The molecular weight excluding hydrogens is 392 g/mol. The minimum Gasteiger partial charge on any atom is -0.361 e. The topological polar surface area (TPSA) is 56.7 Å². The molecule has 4 aromatic rings. The molecular formula is C21H19ClN4OS. The van der Waals surface area contributed by atoms with E-state index >= 15 is 0 Å². The lowest BCUT2D eigenvalue weighted by Crippen LogP contribution is -2.00. The lowest BCUT2D eigenvalue weighted by Gasteiger charge is -2.11. The van der Waals surface area contributed by atoms with Crippen LogP contribution in [-0.2, 0) is 5.75 Å². The Morgan fingerprint density at radius 3 is 2.32 bits per heavy atom. The van der Waals surface area contributed by atoms with Gasteiger partial charge in [-0.3, -0.25) is 4.57 Å². The molecule has 2 aromatic carbocycles. The first-order chi connectivity index (χ1) is 13.5. The first-order valence-corrected chi connectivity index (χ1v) is 10.2. The quantitative estimate of drug-likeness (QED) is 0.389. The van der Waals surface area contributed by atoms with Gasteiger partial charge in [-0.05, 0) is 57.2 Å². The van der Waals surface area contributed by atoms with Crippen molar-refractivity contribution in [2.75, 3.05) is 0 Å². The van der Waals surface area contributed by atoms with E-state index in [1.165, 1.54) is 5.56 Å². The van der Waals surface area contributed by atoms with Gasteiger partial charge in [0.05, 0.1) is 5.69 Å². The number of halogens is 1. The van der Waals surface area contributed by atoms with E-state index in [0.717, 1.165) is 39.2 Å². The highest BCUT2D eigenvalue weighted by molar-refractivity contribution is 7.98. The third kappa shape index (κ3) is 3.70. The van der Waals surface area contributed by atoms with Crippen LogP contribution in [0.3, 0.4) is 0 Å². The van der Waals surface area contributed by atoms with E-state index in [2.05, 4.69) is 51.1 Å². The summed E-state index contributed by atoms with van der Waals surface area (Å²) in [6, 6.07) is 16.0. The minimum atomic E-state index is 0.693. The number of benzene rings is 2. The zero-order valence-corrected chi connectivity index (χ0v) is 17.4. The Labute approximate surface area is 172 Å². The molecule has 0 saturated heterocycles. The number of aryl methyl sites for hydroxylation is 3. The second-order valence-electron chi connectivity index (χ2n) is 6.58. The summed E-state index contributed by atoms with van der Waals surface area (Å²) in [6.45, 7) is 5.96. The fourth-order valence-electron chi connectivity index (χ4n) is 2.92. The van der Waals surface area contributed by atoms with E-state index < -0.39 is 0 Å². The largest absolute Gasteiger partial charge is 0.361 e. The van der Waals surface area contributed by atoms with Crippen LogP contribution in [-0.4, -0.2) is 19.9 Å². The van der Waals surface area contributed by atoms with Crippen LogP contribution in [0.25, 0.3) is 17.1 Å². The van der Waals surface area contributed by atoms with Crippen LogP contribution in [0.1, 0.15) is 22.6 Å². The third-order valence-electron chi connectivity index (χ3n) is 4.55. The van der Waals surface area contributed by atoms with Crippen molar-refractivity contribution >= 4 is 23.4 Å². The van der Waals surface area contributed by atoms with Gasteiger partial charge in [0.25, 0.3) is 0 Å². The molecule has 4 rings (SSSR count). The maximum absolute atomic E-state index is 6.05. The van der Waals surface area contributed by atoms with E-state index in [0.29, 0.717) is 10.8 Å². The first kappa shape index (κ1) is 18.8. The summed E-state index contributed by atoms with van der Waals surface area (Å²) in [5, 5.41) is 14.5. The fourth-order valence-corrected chi connectivity index (χ4v) is 4.15. The van der Waals surface area contributed by atoms with Gasteiger partial charge >= 0.3 is 0 Å². The van der Waals surface area contributed by atoms with Crippen LogP contribution in [0.4, 0.5) is 0 Å². The normalized spacial score (nSPS) is 11.1. The van der Waals surface area contributed by atoms with Crippen molar-refractivity contribution in [1.82, 2.24) is 19.9 Å². The molecule has 0 fully saturated rings. The molecule has 0 atom stereocenters. The van der Waals surface area contributed by atoms with Gasteiger partial charge in [-0.2, -0.15) is 0 Å². The fraction of sp³-hybridized carbons (Fsp3) is 0.190. The number of thioether (sulfide) groups is 1. The maximum atomic E-state index is 6.05. The van der Waals surface area contributed by atoms with E-state index in [1.54, 1.807) is 11.8 Å². The van der Waals surface area contributed by atoms with Crippen molar-refractivity contribution in [2.24, 2.45) is 0 Å². The molecule has 2 aromatic heterocycles. The molecule has 7 heteroatoms. The molecule has 0 unspecified atom stereocenters. The Hall–Kier alpha value is -2.57. The Balaban J connectivity index is 1.75. The molecule has 0 radical (unpaired) electrons. The smallest absolute Gasteiger partial charge is 0.196 e. The average molecular weight is 411 g/mol. The summed E-state index contributed by atoms with van der Waals surface area (Å²) >= 11 is 7.67. The molecule has 0 spiro atoms. The van der Waals surface area contributed by atoms with Crippen LogP contribution < -0.4 is 0 Å². The number of aromatic nitrogens is 4. The van der Waals surface area contributed by atoms with E-state index in [4.69, 9.17) is 16.1 Å². The zero-order valence-electron chi connectivity index (χ0n) is 15.8. The van der Waals surface area contributed by atoms with Gasteiger partial charge in [0.2, 0.25) is 0 Å². The minimum absolute atomic E-state index is 0.693. The maximum Gasteiger partial charge on any atom is 0.196 e. The van der Waals surface area contributed by atoms with Gasteiger partial charge < -0.3 is 4.52 Å². The zero-order chi connectivity index (χ0) is 19.7. The summed E-state index contributed by atoms with van der Waals surface area (Å²) in [4.78, 5) is 0. The summed E-state index contributed by atoms with van der Waals surface area (Å²) in [5.41, 5.74) is 5.18. The van der Waals surface area contributed by atoms with Gasteiger partial charge in [-0.1, -0.05) is 46.2 Å². The molecule has 5 nitrogen and oxygen atoms in total. The number of hydrogen-bond acceptors (Lipinski definition) is 5. The van der Waals surface area contributed by atoms with Gasteiger partial charge in [-0.15, -0.1) is 10.2 Å². The van der Waals surface area contributed by atoms with Crippen LogP contribution in [0, 0.1) is 20.8 Å². The number of rotatable bonds is 5. The summed E-state index contributed by atoms with van der Waals surface area (Å²) in [6.07, 6.45) is 0. The molecule has 2 heterocycles. The average Bonchev–Trinajstić information content (AvgIpc) is 3.25. The highest BCUT2D eigenvalue weighted by Gasteiger charge is 2.18. The molecule has 0 amide bonds. The first-order valence-electron chi connectivity index (χ1n) is 8.86. The van der Waals surface area contributed by atoms with Gasteiger partial charge in [0.15, 0.2) is 11.0 Å². The predicted molar refractivity (Wildman–Crippen MR) is 112 cm³/mol. The van der Waals surface area contributed by atoms with Crippen LogP contribution in [0.5, 0.6) is 0 Å². The Bertz CT molecular complexity index is 1080. The van der Waals surface area contributed by atoms with Crippen LogP contribution in [0.2, 0.25) is 5.02 Å². The SMILES string of the molecule is Cc1ccc(-n2c(SCc3c(C)noc3C)nnc2-c2ccc(Cl)cc2)cc1. The van der Waals surface area contributed by atoms with Gasteiger partial charge in [0, 0.05) is 27.6 Å². The monoisotopic (exact) mass is 410 g/mol. The van der Waals surface area contributed by atoms with Crippen LogP contribution in [0.15, 0.2) is 58.2 Å². The van der Waals surface area contributed by atoms with E-state index in [1.807, 2.05) is 38.1 Å². The van der Waals surface area contributed by atoms with E-state index in [9.17, 15) is 0 Å². The Morgan fingerprint density at radius 2 is 1.68 bits per heavy atom. The molecule has 0 saturated carbocycles. The second-order valence-corrected chi connectivity index (χ2v) is 7.95. The summed E-state index contributed by atoms with van der Waals surface area (Å²) in [5.74, 6) is 2.33. The molecule has 0 aliphatic rings. The molecule has 142 valence electrons. The lowest BCUT2D eigenvalue weighted by molar-refractivity contribution is 0.392. The van der Waals surface area contributed by atoms with Crippen molar-refractivity contribution in [1.29, 1.82) is 0 Å². The molecule has 0 N–H and O–H groups in total. The molecule has 0 bridgehead atoms. The molecule has 0 aliphatic heterocycles. The van der Waals surface area contributed by atoms with Crippen molar-refractivity contribution in [3.63, 3.8) is 0 Å².